The van der Waals surface area contributed by atoms with Crippen molar-refractivity contribution < 1.29 is 4.74 Å². The van der Waals surface area contributed by atoms with Crippen LogP contribution in [0.2, 0.25) is 0 Å². The highest BCUT2D eigenvalue weighted by Gasteiger charge is 2.04. The Labute approximate surface area is 108 Å². The number of para-hydroxylation sites is 1. The van der Waals surface area contributed by atoms with Gasteiger partial charge in [0.2, 0.25) is 0 Å². The van der Waals surface area contributed by atoms with Gasteiger partial charge in [0.25, 0.3) is 0 Å². The highest BCUT2D eigenvalue weighted by atomic mass is 79.9. The van der Waals surface area contributed by atoms with Crippen molar-refractivity contribution in [1.29, 1.82) is 0 Å². The van der Waals surface area contributed by atoms with Gasteiger partial charge in [0.1, 0.15) is 5.75 Å². The Morgan fingerprint density at radius 2 is 1.73 bits per heavy atom. The lowest BCUT2D eigenvalue weighted by molar-refractivity contribution is 0.299. The maximum Gasteiger partial charge on any atom is 0.119 e. The predicted molar refractivity (Wildman–Crippen MR) is 72.2 cm³/mol. The van der Waals surface area contributed by atoms with E-state index < -0.39 is 0 Å². The first-order chi connectivity index (χ1) is 7.36. The molecule has 3 heteroatoms. The van der Waals surface area contributed by atoms with Gasteiger partial charge in [-0.1, -0.05) is 50.1 Å². The number of ether oxygens (including phenoxy) is 1. The number of halogens is 2. The second kappa shape index (κ2) is 8.17. The lowest BCUT2D eigenvalue weighted by atomic mass is 10.1. The Bertz CT molecular complexity index is 247. The van der Waals surface area contributed by atoms with Crippen LogP contribution in [0.15, 0.2) is 30.3 Å². The van der Waals surface area contributed by atoms with E-state index in [-0.39, 0.29) is 0 Å². The van der Waals surface area contributed by atoms with Crippen molar-refractivity contribution in [3.05, 3.63) is 30.3 Å². The zero-order valence-electron chi connectivity index (χ0n) is 8.66. The van der Waals surface area contributed by atoms with Crippen molar-refractivity contribution >= 4 is 31.9 Å². The number of benzene rings is 1. The van der Waals surface area contributed by atoms with Gasteiger partial charge in [-0.05, 0) is 30.9 Å². The summed E-state index contributed by atoms with van der Waals surface area (Å²) in [6, 6.07) is 9.97. The molecule has 0 saturated heterocycles. The first-order valence-corrected chi connectivity index (χ1v) is 7.41. The summed E-state index contributed by atoms with van der Waals surface area (Å²) < 4.78 is 5.61. The van der Waals surface area contributed by atoms with Crippen LogP contribution in [0.5, 0.6) is 5.75 Å². The number of hydrogen-bond donors (Lipinski definition) is 0. The number of hydrogen-bond acceptors (Lipinski definition) is 1. The molecule has 0 aromatic heterocycles. The lowest BCUT2D eigenvalue weighted by Crippen LogP contribution is -2.06. The van der Waals surface area contributed by atoms with Crippen LogP contribution < -0.4 is 4.74 Å². The lowest BCUT2D eigenvalue weighted by Gasteiger charge is -2.10. The summed E-state index contributed by atoms with van der Waals surface area (Å²) in [4.78, 5) is 0. The normalized spacial score (nSPS) is 10.6. The highest BCUT2D eigenvalue weighted by molar-refractivity contribution is 9.09. The van der Waals surface area contributed by atoms with Crippen molar-refractivity contribution in [3.63, 3.8) is 0 Å². The molecule has 1 rings (SSSR count). The highest BCUT2D eigenvalue weighted by Crippen LogP contribution is 2.14. The zero-order valence-corrected chi connectivity index (χ0v) is 11.8. The maximum absolute atomic E-state index is 5.61. The average molecular weight is 336 g/mol. The molecule has 0 heterocycles. The van der Waals surface area contributed by atoms with Crippen molar-refractivity contribution in [2.24, 2.45) is 5.92 Å². The summed E-state index contributed by atoms with van der Waals surface area (Å²) in [6.07, 6.45) is 2.31. The minimum atomic E-state index is 0.712. The van der Waals surface area contributed by atoms with Gasteiger partial charge in [-0.15, -0.1) is 0 Å². The topological polar surface area (TPSA) is 9.23 Å². The van der Waals surface area contributed by atoms with Gasteiger partial charge in [-0.3, -0.25) is 0 Å². The fourth-order valence-electron chi connectivity index (χ4n) is 1.27. The van der Waals surface area contributed by atoms with E-state index >= 15 is 0 Å². The van der Waals surface area contributed by atoms with E-state index in [9.17, 15) is 0 Å². The van der Waals surface area contributed by atoms with Crippen LogP contribution >= 0.6 is 31.9 Å². The molecule has 0 unspecified atom stereocenters. The first-order valence-electron chi connectivity index (χ1n) is 5.16. The largest absolute Gasteiger partial charge is 0.494 e. The Balaban J connectivity index is 2.12. The molecule has 1 aromatic rings. The van der Waals surface area contributed by atoms with E-state index in [1.807, 2.05) is 30.3 Å². The molecule has 0 spiro atoms. The third-order valence-corrected chi connectivity index (χ3v) is 4.04. The fraction of sp³-hybridized carbons (Fsp3) is 0.500. The van der Waals surface area contributed by atoms with Crippen LogP contribution in [-0.2, 0) is 0 Å². The van der Waals surface area contributed by atoms with Gasteiger partial charge in [0, 0.05) is 10.7 Å². The van der Waals surface area contributed by atoms with Crippen LogP contribution in [-0.4, -0.2) is 17.3 Å². The third kappa shape index (κ3) is 5.57. The summed E-state index contributed by atoms with van der Waals surface area (Å²) in [5, 5.41) is 2.12. The molecule has 0 atom stereocenters. The van der Waals surface area contributed by atoms with Crippen LogP contribution in [0, 0.1) is 5.92 Å². The molecule has 0 aliphatic heterocycles. The van der Waals surface area contributed by atoms with Crippen LogP contribution in [0.1, 0.15) is 12.8 Å². The molecule has 1 nitrogen and oxygen atoms in total. The summed E-state index contributed by atoms with van der Waals surface area (Å²) >= 11 is 7.00. The molecule has 0 aliphatic rings. The average Bonchev–Trinajstić information content (AvgIpc) is 2.31. The molecule has 84 valence electrons. The third-order valence-electron chi connectivity index (χ3n) is 2.21. The molecule has 0 radical (unpaired) electrons. The van der Waals surface area contributed by atoms with E-state index in [0.29, 0.717) is 5.92 Å². The molecule has 0 saturated carbocycles. The van der Waals surface area contributed by atoms with Gasteiger partial charge in [0.15, 0.2) is 0 Å². The minimum absolute atomic E-state index is 0.712. The van der Waals surface area contributed by atoms with Gasteiger partial charge >= 0.3 is 0 Å². The van der Waals surface area contributed by atoms with Gasteiger partial charge in [0.05, 0.1) is 6.61 Å². The summed E-state index contributed by atoms with van der Waals surface area (Å²) in [5.41, 5.74) is 0. The predicted octanol–water partition coefficient (Wildman–Crippen LogP) is 4.25. The Morgan fingerprint density at radius 1 is 1.07 bits per heavy atom. The van der Waals surface area contributed by atoms with Crippen molar-refractivity contribution in [2.45, 2.75) is 12.8 Å². The Hall–Kier alpha value is -0.0200. The maximum atomic E-state index is 5.61. The quantitative estimate of drug-likeness (QED) is 0.534. The van der Waals surface area contributed by atoms with E-state index in [4.69, 9.17) is 4.74 Å². The van der Waals surface area contributed by atoms with E-state index in [1.54, 1.807) is 0 Å². The molecule has 1 aromatic carbocycles. The van der Waals surface area contributed by atoms with Crippen molar-refractivity contribution in [1.82, 2.24) is 0 Å². The molecule has 0 aliphatic carbocycles. The SMILES string of the molecule is BrCC(CBr)CCCOc1ccccc1. The summed E-state index contributed by atoms with van der Waals surface area (Å²) in [6.45, 7) is 0.806. The second-order valence-corrected chi connectivity index (χ2v) is 4.77. The second-order valence-electron chi connectivity index (χ2n) is 3.48. The fourth-order valence-corrected chi connectivity index (χ4v) is 2.99. The van der Waals surface area contributed by atoms with Gasteiger partial charge < -0.3 is 4.74 Å². The van der Waals surface area contributed by atoms with E-state index in [2.05, 4.69) is 31.9 Å². The van der Waals surface area contributed by atoms with Crippen molar-refractivity contribution in [3.8, 4) is 5.75 Å². The molecule has 0 N–H and O–H groups in total. The molecule has 0 fully saturated rings. The Morgan fingerprint density at radius 3 is 2.33 bits per heavy atom. The van der Waals surface area contributed by atoms with Crippen molar-refractivity contribution in [2.75, 3.05) is 17.3 Å². The molecule has 15 heavy (non-hydrogen) atoms. The molecular weight excluding hydrogens is 320 g/mol. The van der Waals surface area contributed by atoms with Crippen LogP contribution in [0.25, 0.3) is 0 Å². The first kappa shape index (κ1) is 13.0. The van der Waals surface area contributed by atoms with E-state index in [0.717, 1.165) is 29.4 Å². The van der Waals surface area contributed by atoms with Crippen LogP contribution in [0.4, 0.5) is 0 Å². The molecular formula is C12H16Br2O. The van der Waals surface area contributed by atoms with Gasteiger partial charge in [-0.2, -0.15) is 0 Å². The number of alkyl halides is 2. The van der Waals surface area contributed by atoms with Gasteiger partial charge in [-0.25, -0.2) is 0 Å². The molecule has 0 amide bonds. The zero-order chi connectivity index (χ0) is 10.9. The number of rotatable bonds is 7. The standard InChI is InChI=1S/C12H16Br2O/c13-9-11(10-14)5-4-8-15-12-6-2-1-3-7-12/h1-3,6-7,11H,4-5,8-10H2. The minimum Gasteiger partial charge on any atom is -0.494 e. The Kier molecular flexibility index (Phi) is 7.11. The van der Waals surface area contributed by atoms with Crippen LogP contribution in [0.3, 0.4) is 0 Å². The molecule has 0 bridgehead atoms. The summed E-state index contributed by atoms with van der Waals surface area (Å²) in [5.74, 6) is 1.68. The smallest absolute Gasteiger partial charge is 0.119 e. The monoisotopic (exact) mass is 334 g/mol. The van der Waals surface area contributed by atoms with E-state index in [1.165, 1.54) is 6.42 Å². The summed E-state index contributed by atoms with van der Waals surface area (Å²) in [7, 11) is 0.